The molecule has 1 aromatic rings. The molecule has 0 unspecified atom stereocenters. The normalized spacial score (nSPS) is 18.6. The minimum atomic E-state index is 0.529. The summed E-state index contributed by atoms with van der Waals surface area (Å²) in [6, 6.07) is 0. The van der Waals surface area contributed by atoms with E-state index in [-0.39, 0.29) is 0 Å². The Hall–Kier alpha value is -0.830. The summed E-state index contributed by atoms with van der Waals surface area (Å²) in [7, 11) is 0. The van der Waals surface area contributed by atoms with Crippen LogP contribution in [0.4, 0.5) is 0 Å². The minimum absolute atomic E-state index is 0.529. The Morgan fingerprint density at radius 2 is 2.20 bits per heavy atom. The zero-order valence-electron chi connectivity index (χ0n) is 9.74. The van der Waals surface area contributed by atoms with Gasteiger partial charge in [-0.3, -0.25) is 0 Å². The van der Waals surface area contributed by atoms with Crippen molar-refractivity contribution >= 4 is 0 Å². The average molecular weight is 207 g/mol. The molecule has 3 heteroatoms. The highest BCUT2D eigenvalue weighted by atomic mass is 15.1. The van der Waals surface area contributed by atoms with Crippen molar-refractivity contribution in [3.05, 3.63) is 18.2 Å². The maximum absolute atomic E-state index is 4.43. The monoisotopic (exact) mass is 207 g/mol. The summed E-state index contributed by atoms with van der Waals surface area (Å²) >= 11 is 0. The summed E-state index contributed by atoms with van der Waals surface area (Å²) < 4.78 is 2.33. The average Bonchev–Trinajstić information content (AvgIpc) is 2.67. The van der Waals surface area contributed by atoms with E-state index in [9.17, 15) is 0 Å². The minimum Gasteiger partial charge on any atom is -0.334 e. The van der Waals surface area contributed by atoms with E-state index in [1.807, 2.05) is 6.20 Å². The van der Waals surface area contributed by atoms with Gasteiger partial charge in [-0.25, -0.2) is 4.98 Å². The Morgan fingerprint density at radius 1 is 1.47 bits per heavy atom. The SMILES string of the molecule is CC(C)c1nccn1CC1CCNCC1. The van der Waals surface area contributed by atoms with Crippen LogP contribution in [0.3, 0.4) is 0 Å². The third-order valence-corrected chi connectivity index (χ3v) is 3.18. The standard InChI is InChI=1S/C12H21N3/c1-10(2)12-14-7-8-15(12)9-11-3-5-13-6-4-11/h7-8,10-11,13H,3-6,9H2,1-2H3. The molecule has 2 rings (SSSR count). The Bertz CT molecular complexity index is 298. The molecule has 0 spiro atoms. The van der Waals surface area contributed by atoms with Crippen molar-refractivity contribution in [1.82, 2.24) is 14.9 Å². The molecule has 1 N–H and O–H groups in total. The lowest BCUT2D eigenvalue weighted by Crippen LogP contribution is -2.30. The van der Waals surface area contributed by atoms with Gasteiger partial charge in [-0.2, -0.15) is 0 Å². The zero-order chi connectivity index (χ0) is 10.7. The van der Waals surface area contributed by atoms with Crippen LogP contribution in [0.2, 0.25) is 0 Å². The molecule has 0 bridgehead atoms. The lowest BCUT2D eigenvalue weighted by molar-refractivity contribution is 0.328. The first-order valence-corrected chi connectivity index (χ1v) is 5.99. The molecule has 1 aromatic heterocycles. The number of nitrogens with zero attached hydrogens (tertiary/aromatic N) is 2. The van der Waals surface area contributed by atoms with Crippen molar-refractivity contribution in [2.24, 2.45) is 5.92 Å². The van der Waals surface area contributed by atoms with Crippen molar-refractivity contribution in [3.8, 4) is 0 Å². The highest BCUT2D eigenvalue weighted by Gasteiger charge is 2.15. The van der Waals surface area contributed by atoms with Crippen LogP contribution in [0, 0.1) is 5.92 Å². The molecular weight excluding hydrogens is 186 g/mol. The molecule has 1 aliphatic rings. The summed E-state index contributed by atoms with van der Waals surface area (Å²) in [5.74, 6) is 2.59. The molecule has 0 saturated carbocycles. The predicted octanol–water partition coefficient (Wildman–Crippen LogP) is 2.01. The Labute approximate surface area is 91.9 Å². The van der Waals surface area contributed by atoms with Crippen molar-refractivity contribution in [2.45, 2.75) is 39.2 Å². The first kappa shape index (κ1) is 10.7. The fourth-order valence-electron chi connectivity index (χ4n) is 2.32. The van der Waals surface area contributed by atoms with Gasteiger partial charge in [0.15, 0.2) is 0 Å². The van der Waals surface area contributed by atoms with E-state index < -0.39 is 0 Å². The first-order valence-electron chi connectivity index (χ1n) is 5.99. The molecule has 15 heavy (non-hydrogen) atoms. The van der Waals surface area contributed by atoms with E-state index in [2.05, 4.69) is 34.9 Å². The van der Waals surface area contributed by atoms with E-state index in [4.69, 9.17) is 0 Å². The molecule has 2 heterocycles. The van der Waals surface area contributed by atoms with E-state index in [1.54, 1.807) is 0 Å². The number of hydrogen-bond donors (Lipinski definition) is 1. The molecule has 3 nitrogen and oxygen atoms in total. The number of hydrogen-bond acceptors (Lipinski definition) is 2. The molecule has 84 valence electrons. The summed E-state index contributed by atoms with van der Waals surface area (Å²) in [5, 5.41) is 3.41. The second-order valence-electron chi connectivity index (χ2n) is 4.79. The van der Waals surface area contributed by atoms with E-state index in [1.165, 1.54) is 31.8 Å². The molecule has 0 amide bonds. The van der Waals surface area contributed by atoms with Gasteiger partial charge in [0.2, 0.25) is 0 Å². The van der Waals surface area contributed by atoms with Crippen LogP contribution in [-0.2, 0) is 6.54 Å². The maximum Gasteiger partial charge on any atom is 0.111 e. The second-order valence-corrected chi connectivity index (χ2v) is 4.79. The molecule has 1 fully saturated rings. The van der Waals surface area contributed by atoms with Gasteiger partial charge in [0.05, 0.1) is 0 Å². The summed E-state index contributed by atoms with van der Waals surface area (Å²) in [6.45, 7) is 7.92. The number of rotatable bonds is 3. The molecule has 0 aromatic carbocycles. The molecular formula is C12H21N3. The van der Waals surface area contributed by atoms with Crippen LogP contribution in [0.1, 0.15) is 38.4 Å². The zero-order valence-corrected chi connectivity index (χ0v) is 9.74. The summed E-state index contributed by atoms with van der Waals surface area (Å²) in [6.07, 6.45) is 6.65. The largest absolute Gasteiger partial charge is 0.334 e. The number of nitrogens with one attached hydrogen (secondary N) is 1. The predicted molar refractivity (Wildman–Crippen MR) is 61.9 cm³/mol. The van der Waals surface area contributed by atoms with Gasteiger partial charge < -0.3 is 9.88 Å². The van der Waals surface area contributed by atoms with Gasteiger partial charge in [0, 0.05) is 24.9 Å². The Balaban J connectivity index is 1.99. The lowest BCUT2D eigenvalue weighted by Gasteiger charge is -2.24. The fourth-order valence-corrected chi connectivity index (χ4v) is 2.32. The third-order valence-electron chi connectivity index (χ3n) is 3.18. The Morgan fingerprint density at radius 3 is 2.87 bits per heavy atom. The highest BCUT2D eigenvalue weighted by molar-refractivity contribution is 4.97. The van der Waals surface area contributed by atoms with E-state index in [0.29, 0.717) is 5.92 Å². The van der Waals surface area contributed by atoms with Crippen LogP contribution in [0.15, 0.2) is 12.4 Å². The topological polar surface area (TPSA) is 29.9 Å². The highest BCUT2D eigenvalue weighted by Crippen LogP contribution is 2.18. The van der Waals surface area contributed by atoms with Gasteiger partial charge in [-0.05, 0) is 31.8 Å². The van der Waals surface area contributed by atoms with Crippen molar-refractivity contribution in [2.75, 3.05) is 13.1 Å². The second kappa shape index (κ2) is 4.79. The molecule has 0 radical (unpaired) electrons. The van der Waals surface area contributed by atoms with Gasteiger partial charge in [-0.1, -0.05) is 13.8 Å². The van der Waals surface area contributed by atoms with E-state index in [0.717, 1.165) is 12.5 Å². The number of imidazole rings is 1. The molecule has 0 aliphatic carbocycles. The third kappa shape index (κ3) is 2.59. The van der Waals surface area contributed by atoms with Crippen LogP contribution in [-0.4, -0.2) is 22.6 Å². The van der Waals surface area contributed by atoms with Crippen LogP contribution >= 0.6 is 0 Å². The smallest absolute Gasteiger partial charge is 0.111 e. The van der Waals surface area contributed by atoms with Crippen molar-refractivity contribution < 1.29 is 0 Å². The lowest BCUT2D eigenvalue weighted by atomic mass is 9.98. The van der Waals surface area contributed by atoms with Gasteiger partial charge in [0.25, 0.3) is 0 Å². The molecule has 0 atom stereocenters. The fraction of sp³-hybridized carbons (Fsp3) is 0.750. The summed E-state index contributed by atoms with van der Waals surface area (Å²) in [5.41, 5.74) is 0. The van der Waals surface area contributed by atoms with E-state index >= 15 is 0 Å². The van der Waals surface area contributed by atoms with Crippen molar-refractivity contribution in [3.63, 3.8) is 0 Å². The van der Waals surface area contributed by atoms with Gasteiger partial charge in [0.1, 0.15) is 5.82 Å². The Kier molecular flexibility index (Phi) is 3.41. The maximum atomic E-state index is 4.43. The molecule has 1 aliphatic heterocycles. The molecule has 1 saturated heterocycles. The van der Waals surface area contributed by atoms with Crippen LogP contribution < -0.4 is 5.32 Å². The van der Waals surface area contributed by atoms with Gasteiger partial charge in [-0.15, -0.1) is 0 Å². The number of piperidine rings is 1. The summed E-state index contributed by atoms with van der Waals surface area (Å²) in [4.78, 5) is 4.43. The van der Waals surface area contributed by atoms with Crippen LogP contribution in [0.25, 0.3) is 0 Å². The van der Waals surface area contributed by atoms with Crippen molar-refractivity contribution in [1.29, 1.82) is 0 Å². The number of aromatic nitrogens is 2. The van der Waals surface area contributed by atoms with Crippen LogP contribution in [0.5, 0.6) is 0 Å². The first-order chi connectivity index (χ1) is 7.27. The quantitative estimate of drug-likeness (QED) is 0.821. The van der Waals surface area contributed by atoms with Gasteiger partial charge >= 0.3 is 0 Å².